The average Bonchev–Trinajstić information content (AvgIpc) is 3.10. The van der Waals surface area contributed by atoms with Crippen molar-refractivity contribution < 1.29 is 0 Å². The van der Waals surface area contributed by atoms with Crippen LogP contribution in [0.15, 0.2) is 30.3 Å². The highest BCUT2D eigenvalue weighted by Crippen LogP contribution is 2.40. The van der Waals surface area contributed by atoms with Crippen molar-refractivity contribution in [3.63, 3.8) is 0 Å². The minimum atomic E-state index is 0.579. The van der Waals surface area contributed by atoms with Gasteiger partial charge in [0.25, 0.3) is 0 Å². The highest BCUT2D eigenvalue weighted by molar-refractivity contribution is 7.19. The Balaban J connectivity index is 1.82. The molecule has 2 heteroatoms. The second kappa shape index (κ2) is 5.41. The van der Waals surface area contributed by atoms with E-state index in [9.17, 15) is 0 Å². The molecule has 1 fully saturated rings. The van der Waals surface area contributed by atoms with Crippen LogP contribution in [0.4, 0.5) is 0 Å². The molecule has 1 heterocycles. The van der Waals surface area contributed by atoms with Crippen molar-refractivity contribution in [1.29, 1.82) is 0 Å². The first kappa shape index (κ1) is 12.2. The van der Waals surface area contributed by atoms with E-state index < -0.39 is 0 Å². The lowest BCUT2D eigenvalue weighted by molar-refractivity contribution is 0.480. The molecule has 0 aliphatic heterocycles. The third kappa shape index (κ3) is 2.76. The summed E-state index contributed by atoms with van der Waals surface area (Å²) in [6.07, 6.45) is 5.42. The highest BCUT2D eigenvalue weighted by atomic mass is 32.1. The van der Waals surface area contributed by atoms with Gasteiger partial charge in [0.1, 0.15) is 0 Å². The SMILES string of the molecule is CCCNC(CC1CC1)c1cc2ccccc2s1. The van der Waals surface area contributed by atoms with E-state index in [0.717, 1.165) is 12.5 Å². The first-order valence-electron chi connectivity index (χ1n) is 7.08. The number of hydrogen-bond acceptors (Lipinski definition) is 2. The summed E-state index contributed by atoms with van der Waals surface area (Å²) in [4.78, 5) is 1.52. The van der Waals surface area contributed by atoms with E-state index in [1.807, 2.05) is 11.3 Å². The molecule has 0 radical (unpaired) electrons. The Bertz CT molecular complexity index is 480. The monoisotopic (exact) mass is 259 g/mol. The zero-order valence-corrected chi connectivity index (χ0v) is 11.8. The molecule has 1 saturated carbocycles. The molecule has 0 spiro atoms. The van der Waals surface area contributed by atoms with Crippen LogP contribution < -0.4 is 5.32 Å². The van der Waals surface area contributed by atoms with E-state index in [0.29, 0.717) is 6.04 Å². The predicted molar refractivity (Wildman–Crippen MR) is 80.2 cm³/mol. The second-order valence-corrected chi connectivity index (χ2v) is 6.49. The summed E-state index contributed by atoms with van der Waals surface area (Å²) in [5.41, 5.74) is 0. The Kier molecular flexibility index (Phi) is 3.67. The molecular formula is C16H21NS. The lowest BCUT2D eigenvalue weighted by Gasteiger charge is -2.16. The minimum Gasteiger partial charge on any atom is -0.309 e. The van der Waals surface area contributed by atoms with E-state index in [-0.39, 0.29) is 0 Å². The normalized spacial score (nSPS) is 17.2. The zero-order valence-electron chi connectivity index (χ0n) is 11.0. The Morgan fingerprint density at radius 2 is 2.17 bits per heavy atom. The zero-order chi connectivity index (χ0) is 12.4. The summed E-state index contributed by atoms with van der Waals surface area (Å²) in [6, 6.07) is 11.7. The van der Waals surface area contributed by atoms with Gasteiger partial charge in [0, 0.05) is 15.6 Å². The van der Waals surface area contributed by atoms with E-state index >= 15 is 0 Å². The van der Waals surface area contributed by atoms with Crippen molar-refractivity contribution in [3.8, 4) is 0 Å². The van der Waals surface area contributed by atoms with Crippen molar-refractivity contribution in [3.05, 3.63) is 35.2 Å². The van der Waals surface area contributed by atoms with Gasteiger partial charge in [-0.05, 0) is 42.8 Å². The van der Waals surface area contributed by atoms with Crippen LogP contribution in [0.3, 0.4) is 0 Å². The van der Waals surface area contributed by atoms with E-state index in [1.165, 1.54) is 40.6 Å². The van der Waals surface area contributed by atoms with Crippen molar-refractivity contribution >= 4 is 21.4 Å². The molecule has 0 saturated heterocycles. The molecule has 1 atom stereocenters. The number of thiophene rings is 1. The maximum Gasteiger partial charge on any atom is 0.0417 e. The third-order valence-electron chi connectivity index (χ3n) is 3.69. The van der Waals surface area contributed by atoms with Crippen LogP contribution in [0.1, 0.15) is 43.5 Å². The molecular weight excluding hydrogens is 238 g/mol. The van der Waals surface area contributed by atoms with E-state index in [4.69, 9.17) is 0 Å². The van der Waals surface area contributed by atoms with E-state index in [2.05, 4.69) is 42.6 Å². The summed E-state index contributed by atoms with van der Waals surface area (Å²) < 4.78 is 1.42. The molecule has 3 rings (SSSR count). The van der Waals surface area contributed by atoms with Gasteiger partial charge in [-0.15, -0.1) is 11.3 Å². The summed E-state index contributed by atoms with van der Waals surface area (Å²) in [5.74, 6) is 0.976. The molecule has 1 nitrogen and oxygen atoms in total. The van der Waals surface area contributed by atoms with Crippen molar-refractivity contribution in [1.82, 2.24) is 5.32 Å². The maximum atomic E-state index is 3.73. The highest BCUT2D eigenvalue weighted by Gasteiger charge is 2.26. The van der Waals surface area contributed by atoms with Gasteiger partial charge in [-0.2, -0.15) is 0 Å². The number of benzene rings is 1. The molecule has 18 heavy (non-hydrogen) atoms. The Hall–Kier alpha value is -0.860. The standard InChI is InChI=1S/C16H21NS/c1-2-9-17-14(10-12-7-8-12)16-11-13-5-3-4-6-15(13)18-16/h3-6,11-12,14,17H,2,7-10H2,1H3. The number of rotatable bonds is 6. The number of fused-ring (bicyclic) bond motifs is 1. The Labute approximate surface area is 113 Å². The van der Waals surface area contributed by atoms with Crippen molar-refractivity contribution in [2.75, 3.05) is 6.54 Å². The van der Waals surface area contributed by atoms with Gasteiger partial charge in [0.2, 0.25) is 0 Å². The third-order valence-corrected chi connectivity index (χ3v) is 4.92. The van der Waals surface area contributed by atoms with Crippen LogP contribution in [0.2, 0.25) is 0 Å². The molecule has 0 amide bonds. The van der Waals surface area contributed by atoms with Gasteiger partial charge in [-0.1, -0.05) is 38.0 Å². The van der Waals surface area contributed by atoms with Crippen LogP contribution in [0.5, 0.6) is 0 Å². The van der Waals surface area contributed by atoms with Crippen molar-refractivity contribution in [2.45, 2.75) is 38.6 Å². The van der Waals surface area contributed by atoms with Gasteiger partial charge in [0.15, 0.2) is 0 Å². The number of nitrogens with one attached hydrogen (secondary N) is 1. The smallest absolute Gasteiger partial charge is 0.0417 e. The molecule has 1 unspecified atom stereocenters. The van der Waals surface area contributed by atoms with Gasteiger partial charge in [0.05, 0.1) is 0 Å². The van der Waals surface area contributed by atoms with Gasteiger partial charge in [-0.3, -0.25) is 0 Å². The average molecular weight is 259 g/mol. The summed E-state index contributed by atoms with van der Waals surface area (Å²) in [5, 5.41) is 5.13. The molecule has 1 N–H and O–H groups in total. The molecule has 1 aromatic heterocycles. The summed E-state index contributed by atoms with van der Waals surface area (Å²) in [7, 11) is 0. The first-order valence-corrected chi connectivity index (χ1v) is 7.90. The quantitative estimate of drug-likeness (QED) is 0.790. The first-order chi connectivity index (χ1) is 8.86. The molecule has 1 aliphatic rings. The number of hydrogen-bond donors (Lipinski definition) is 1. The second-order valence-electron chi connectivity index (χ2n) is 5.37. The Morgan fingerprint density at radius 1 is 1.33 bits per heavy atom. The van der Waals surface area contributed by atoms with Crippen LogP contribution in [-0.2, 0) is 0 Å². The van der Waals surface area contributed by atoms with Gasteiger partial charge < -0.3 is 5.32 Å². The van der Waals surface area contributed by atoms with Gasteiger partial charge >= 0.3 is 0 Å². The van der Waals surface area contributed by atoms with E-state index in [1.54, 1.807) is 0 Å². The minimum absolute atomic E-state index is 0.579. The van der Waals surface area contributed by atoms with Crippen LogP contribution in [0.25, 0.3) is 10.1 Å². The fourth-order valence-electron chi connectivity index (χ4n) is 2.48. The maximum absolute atomic E-state index is 3.73. The van der Waals surface area contributed by atoms with Crippen LogP contribution in [0, 0.1) is 5.92 Å². The Morgan fingerprint density at radius 3 is 2.89 bits per heavy atom. The van der Waals surface area contributed by atoms with Crippen LogP contribution >= 0.6 is 11.3 Å². The lowest BCUT2D eigenvalue weighted by atomic mass is 10.1. The summed E-state index contributed by atoms with van der Waals surface area (Å²) in [6.45, 7) is 3.37. The van der Waals surface area contributed by atoms with Crippen LogP contribution in [-0.4, -0.2) is 6.54 Å². The fraction of sp³-hybridized carbons (Fsp3) is 0.500. The predicted octanol–water partition coefficient (Wildman–Crippen LogP) is 4.74. The molecule has 0 bridgehead atoms. The van der Waals surface area contributed by atoms with Gasteiger partial charge in [-0.25, -0.2) is 0 Å². The van der Waals surface area contributed by atoms with Crippen molar-refractivity contribution in [2.24, 2.45) is 5.92 Å². The summed E-state index contributed by atoms with van der Waals surface area (Å²) >= 11 is 1.96. The fourth-order valence-corrected chi connectivity index (χ4v) is 3.63. The molecule has 2 aromatic rings. The molecule has 96 valence electrons. The topological polar surface area (TPSA) is 12.0 Å². The largest absolute Gasteiger partial charge is 0.309 e. The molecule has 1 aromatic carbocycles. The lowest BCUT2D eigenvalue weighted by Crippen LogP contribution is -2.21. The molecule has 1 aliphatic carbocycles.